The summed E-state index contributed by atoms with van der Waals surface area (Å²) in [6.45, 7) is 7.11. The van der Waals surface area contributed by atoms with Crippen molar-refractivity contribution in [2.45, 2.75) is 58.4 Å². The minimum Gasteiger partial charge on any atom is -0.290 e. The maximum Gasteiger partial charge on any atom is 0.0744 e. The zero-order valence-electron chi connectivity index (χ0n) is 13.6. The van der Waals surface area contributed by atoms with E-state index in [2.05, 4.69) is 60.9 Å². The number of likely N-dealkylation sites (tertiary alicyclic amines) is 1. The molecule has 2 unspecified atom stereocenters. The molecule has 1 aromatic rings. The molecular weight excluding hydrogens is 254 g/mol. The number of piperidine rings is 1. The number of unbranched alkanes of at least 4 members (excludes halogenated alkanes) is 1. The summed E-state index contributed by atoms with van der Waals surface area (Å²) < 4.78 is 0. The summed E-state index contributed by atoms with van der Waals surface area (Å²) in [6.07, 6.45) is 7.95. The Morgan fingerprint density at radius 1 is 1.10 bits per heavy atom. The topological polar surface area (TPSA) is 3.24 Å². The molecule has 2 atom stereocenters. The molecule has 21 heavy (non-hydrogen) atoms. The van der Waals surface area contributed by atoms with Gasteiger partial charge in [0.15, 0.2) is 0 Å². The van der Waals surface area contributed by atoms with Crippen LogP contribution in [0.5, 0.6) is 0 Å². The molecule has 1 aliphatic rings. The van der Waals surface area contributed by atoms with E-state index in [0.717, 1.165) is 5.56 Å². The van der Waals surface area contributed by atoms with E-state index in [9.17, 15) is 0 Å². The van der Waals surface area contributed by atoms with Crippen LogP contribution in [0.4, 0.5) is 0 Å². The number of benzene rings is 1. The summed E-state index contributed by atoms with van der Waals surface area (Å²) in [5, 5.41) is 0. The summed E-state index contributed by atoms with van der Waals surface area (Å²) in [5.74, 6) is 7.66. The molecule has 1 aromatic carbocycles. The van der Waals surface area contributed by atoms with E-state index < -0.39 is 0 Å². The quantitative estimate of drug-likeness (QED) is 0.707. The molecule has 1 nitrogen and oxygen atoms in total. The Hall–Kier alpha value is -1.26. The molecule has 114 valence electrons. The van der Waals surface area contributed by atoms with E-state index in [-0.39, 0.29) is 0 Å². The van der Waals surface area contributed by atoms with Gasteiger partial charge in [0.2, 0.25) is 0 Å². The van der Waals surface area contributed by atoms with Gasteiger partial charge < -0.3 is 0 Å². The minimum atomic E-state index is 0.428. The molecule has 0 bridgehead atoms. The summed E-state index contributed by atoms with van der Waals surface area (Å²) in [6, 6.07) is 10.8. The lowest BCUT2D eigenvalue weighted by molar-refractivity contribution is 0.154. The molecule has 0 aromatic heterocycles. The van der Waals surface area contributed by atoms with Gasteiger partial charge in [0.05, 0.1) is 6.04 Å². The Balaban J connectivity index is 2.09. The van der Waals surface area contributed by atoms with E-state index in [4.69, 9.17) is 0 Å². The Bertz CT molecular complexity index is 448. The number of hydrogen-bond donors (Lipinski definition) is 0. The van der Waals surface area contributed by atoms with Crippen LogP contribution >= 0.6 is 0 Å². The zero-order valence-corrected chi connectivity index (χ0v) is 13.6. The third-order valence-corrected chi connectivity index (χ3v) is 4.47. The summed E-state index contributed by atoms with van der Waals surface area (Å²) >= 11 is 0. The lowest BCUT2D eigenvalue weighted by Crippen LogP contribution is -2.42. The van der Waals surface area contributed by atoms with Crippen molar-refractivity contribution in [3.05, 3.63) is 35.9 Å². The number of nitrogens with zero attached hydrogens (tertiary/aromatic N) is 1. The molecule has 1 saturated heterocycles. The zero-order chi connectivity index (χ0) is 14.9. The molecule has 1 aliphatic heterocycles. The number of rotatable bonds is 5. The smallest absolute Gasteiger partial charge is 0.0744 e. The first-order chi connectivity index (χ1) is 10.3. The Kier molecular flexibility index (Phi) is 6.83. The molecule has 0 amide bonds. The second-order valence-corrected chi connectivity index (χ2v) is 6.30. The van der Waals surface area contributed by atoms with Gasteiger partial charge in [-0.1, -0.05) is 63.1 Å². The van der Waals surface area contributed by atoms with E-state index in [1.54, 1.807) is 0 Å². The van der Waals surface area contributed by atoms with Gasteiger partial charge in [-0.25, -0.2) is 0 Å². The second-order valence-electron chi connectivity index (χ2n) is 6.30. The van der Waals surface area contributed by atoms with Gasteiger partial charge >= 0.3 is 0 Å². The van der Waals surface area contributed by atoms with Crippen molar-refractivity contribution in [2.75, 3.05) is 13.1 Å². The third kappa shape index (κ3) is 5.21. The molecule has 0 N–H and O–H groups in total. The average molecular weight is 283 g/mol. The molecule has 1 heteroatoms. The lowest BCUT2D eigenvalue weighted by atomic mass is 9.93. The van der Waals surface area contributed by atoms with Crippen LogP contribution in [0.1, 0.15) is 57.9 Å². The fourth-order valence-corrected chi connectivity index (χ4v) is 3.15. The van der Waals surface area contributed by atoms with Crippen LogP contribution in [0.3, 0.4) is 0 Å². The average Bonchev–Trinajstić information content (AvgIpc) is 2.55. The molecule has 1 heterocycles. The maximum atomic E-state index is 3.59. The van der Waals surface area contributed by atoms with Crippen LogP contribution in [0, 0.1) is 17.8 Å². The summed E-state index contributed by atoms with van der Waals surface area (Å²) in [5.41, 5.74) is 1.14. The number of hydrogen-bond acceptors (Lipinski definition) is 1. The predicted octanol–water partition coefficient (Wildman–Crippen LogP) is 4.72. The first-order valence-corrected chi connectivity index (χ1v) is 8.62. The summed E-state index contributed by atoms with van der Waals surface area (Å²) in [7, 11) is 0. The van der Waals surface area contributed by atoms with Gasteiger partial charge in [0, 0.05) is 5.56 Å². The Morgan fingerprint density at radius 3 is 2.48 bits per heavy atom. The van der Waals surface area contributed by atoms with Crippen molar-refractivity contribution in [3.8, 4) is 11.8 Å². The highest BCUT2D eigenvalue weighted by molar-refractivity contribution is 5.35. The van der Waals surface area contributed by atoms with Crippen LogP contribution in [0.2, 0.25) is 0 Å². The van der Waals surface area contributed by atoms with E-state index >= 15 is 0 Å². The molecular formula is C20H29N. The van der Waals surface area contributed by atoms with Crippen LogP contribution in [0.15, 0.2) is 30.3 Å². The SMILES string of the molecule is CCCCC(C)C(C#Cc1ccccc1)N1CCCCC1. The first-order valence-electron chi connectivity index (χ1n) is 8.62. The Labute approximate surface area is 130 Å². The van der Waals surface area contributed by atoms with Gasteiger partial charge in [-0.3, -0.25) is 4.90 Å². The predicted molar refractivity (Wildman–Crippen MR) is 91.2 cm³/mol. The van der Waals surface area contributed by atoms with E-state index in [1.165, 1.54) is 51.6 Å². The minimum absolute atomic E-state index is 0.428. The van der Waals surface area contributed by atoms with Crippen molar-refractivity contribution in [3.63, 3.8) is 0 Å². The Morgan fingerprint density at radius 2 is 1.81 bits per heavy atom. The summed E-state index contributed by atoms with van der Waals surface area (Å²) in [4.78, 5) is 2.62. The normalized spacial score (nSPS) is 18.6. The molecule has 0 spiro atoms. The fraction of sp³-hybridized carbons (Fsp3) is 0.600. The molecule has 0 aliphatic carbocycles. The highest BCUT2D eigenvalue weighted by Crippen LogP contribution is 2.21. The van der Waals surface area contributed by atoms with Crippen molar-refractivity contribution in [1.29, 1.82) is 0 Å². The van der Waals surface area contributed by atoms with Crippen LogP contribution in [-0.2, 0) is 0 Å². The van der Waals surface area contributed by atoms with E-state index in [1.807, 2.05) is 0 Å². The standard InChI is InChI=1S/C20H29N/c1-3-4-11-18(2)20(21-16-9-6-10-17-21)15-14-19-12-7-5-8-13-19/h5,7-8,12-13,18,20H,3-4,6,9-11,16-17H2,1-2H3. The largest absolute Gasteiger partial charge is 0.290 e. The van der Waals surface area contributed by atoms with Gasteiger partial charge in [-0.05, 0) is 50.4 Å². The highest BCUT2D eigenvalue weighted by atomic mass is 15.2. The molecule has 0 saturated carbocycles. The van der Waals surface area contributed by atoms with Crippen molar-refractivity contribution in [2.24, 2.45) is 5.92 Å². The first kappa shape index (κ1) is 16.1. The van der Waals surface area contributed by atoms with Crippen molar-refractivity contribution < 1.29 is 0 Å². The van der Waals surface area contributed by atoms with Gasteiger partial charge in [0.25, 0.3) is 0 Å². The third-order valence-electron chi connectivity index (χ3n) is 4.47. The van der Waals surface area contributed by atoms with Crippen LogP contribution in [0.25, 0.3) is 0 Å². The van der Waals surface area contributed by atoms with Crippen molar-refractivity contribution in [1.82, 2.24) is 4.90 Å². The van der Waals surface area contributed by atoms with E-state index in [0.29, 0.717) is 12.0 Å². The molecule has 2 rings (SSSR count). The van der Waals surface area contributed by atoms with Crippen LogP contribution in [-0.4, -0.2) is 24.0 Å². The van der Waals surface area contributed by atoms with Gasteiger partial charge in [0.1, 0.15) is 0 Å². The van der Waals surface area contributed by atoms with Crippen LogP contribution < -0.4 is 0 Å². The van der Waals surface area contributed by atoms with Gasteiger partial charge in [-0.15, -0.1) is 0 Å². The molecule has 0 radical (unpaired) electrons. The fourth-order valence-electron chi connectivity index (χ4n) is 3.15. The second kappa shape index (κ2) is 8.90. The monoisotopic (exact) mass is 283 g/mol. The molecule has 1 fully saturated rings. The lowest BCUT2D eigenvalue weighted by Gasteiger charge is -2.35. The van der Waals surface area contributed by atoms with Gasteiger partial charge in [-0.2, -0.15) is 0 Å². The maximum absolute atomic E-state index is 3.59. The highest BCUT2D eigenvalue weighted by Gasteiger charge is 2.23. The van der Waals surface area contributed by atoms with Crippen molar-refractivity contribution >= 4 is 0 Å².